The molecule has 2 N–H and O–H groups in total. The van der Waals surface area contributed by atoms with E-state index in [0.29, 0.717) is 36.9 Å². The highest BCUT2D eigenvalue weighted by atomic mass is 16.5. The fourth-order valence-electron chi connectivity index (χ4n) is 6.63. The molecule has 4 rings (SSSR count). The molecule has 55 heavy (non-hydrogen) atoms. The van der Waals surface area contributed by atoms with Crippen molar-refractivity contribution in [1.82, 2.24) is 5.32 Å². The topological polar surface area (TPSA) is 106 Å². The molecule has 304 valence electrons. The quantitative estimate of drug-likeness (QED) is 0.106. The number of nitrogens with zero attached hydrogens (tertiary/aromatic N) is 1. The summed E-state index contributed by atoms with van der Waals surface area (Å²) in [5, 5.41) is 11.9. The number of carbonyl (C=O) groups excluding carboxylic acids is 2. The first-order chi connectivity index (χ1) is 25.6. The first kappa shape index (κ1) is 48.6. The summed E-state index contributed by atoms with van der Waals surface area (Å²) >= 11 is 0. The number of hydrogen-bond acceptors (Lipinski definition) is 7. The lowest BCUT2D eigenvalue weighted by atomic mass is 9.83. The molecule has 0 aliphatic heterocycles. The minimum Gasteiger partial charge on any atom is -0.502 e. The predicted molar refractivity (Wildman–Crippen MR) is 228 cm³/mol. The number of aliphatic imine (C=N–C) groups is 1. The molecule has 2 aliphatic carbocycles. The van der Waals surface area contributed by atoms with E-state index in [9.17, 15) is 9.59 Å². The summed E-state index contributed by atoms with van der Waals surface area (Å²) < 4.78 is 16.0. The molecular weight excluding hydrogens is 689 g/mol. The van der Waals surface area contributed by atoms with Crippen molar-refractivity contribution in [2.24, 2.45) is 28.7 Å². The van der Waals surface area contributed by atoms with E-state index in [1.54, 1.807) is 6.08 Å². The minimum absolute atomic E-state index is 0. The van der Waals surface area contributed by atoms with Crippen LogP contribution in [0.2, 0.25) is 0 Å². The van der Waals surface area contributed by atoms with Gasteiger partial charge in [-0.2, -0.15) is 4.99 Å². The van der Waals surface area contributed by atoms with Crippen LogP contribution in [-0.2, 0) is 30.1 Å². The zero-order valence-electron chi connectivity index (χ0n) is 33.8. The number of allylic oxidation sites excluding steroid dienone is 2. The first-order valence-corrected chi connectivity index (χ1v) is 19.3. The van der Waals surface area contributed by atoms with Gasteiger partial charge in [-0.3, -0.25) is 0 Å². The maximum absolute atomic E-state index is 12.3. The molecule has 2 aromatic carbocycles. The van der Waals surface area contributed by atoms with Crippen molar-refractivity contribution in [3.05, 3.63) is 110 Å². The average Bonchev–Trinajstić information content (AvgIpc) is 3.16. The summed E-state index contributed by atoms with van der Waals surface area (Å²) in [5.74, 6) is 2.26. The minimum atomic E-state index is -0.521. The molecule has 0 radical (unpaired) electrons. The van der Waals surface area contributed by atoms with Crippen LogP contribution in [0.15, 0.2) is 92.4 Å². The van der Waals surface area contributed by atoms with Crippen LogP contribution < -0.4 is 5.32 Å². The molecule has 0 heterocycles. The number of rotatable bonds is 15. The molecule has 8 heteroatoms. The van der Waals surface area contributed by atoms with Crippen LogP contribution in [0.3, 0.4) is 0 Å². The summed E-state index contributed by atoms with van der Waals surface area (Å²) in [6, 6.07) is 16.0. The van der Waals surface area contributed by atoms with Gasteiger partial charge in [-0.05, 0) is 151 Å². The summed E-state index contributed by atoms with van der Waals surface area (Å²) in [7, 11) is 0. The third kappa shape index (κ3) is 17.7. The number of nitrogens with one attached hydrogen (secondary N) is 1. The Bertz CT molecular complexity index is 1540. The fraction of sp³-hybridized carbons (Fsp3) is 0.532. The van der Waals surface area contributed by atoms with Gasteiger partial charge in [-0.25, -0.2) is 9.59 Å². The number of carbonyl (C=O) groups is 1. The smallest absolute Gasteiger partial charge is 0.407 e. The second-order valence-electron chi connectivity index (χ2n) is 15.8. The molecule has 0 atom stereocenters. The number of amides is 1. The predicted octanol–water partition coefficient (Wildman–Crippen LogP) is 11.5. The number of alkyl carbamates (subject to hydrolysis) is 1. The van der Waals surface area contributed by atoms with Gasteiger partial charge in [-0.1, -0.05) is 81.3 Å². The number of isocyanates is 1. The summed E-state index contributed by atoms with van der Waals surface area (Å²) in [5.41, 5.74) is 5.14. The van der Waals surface area contributed by atoms with Crippen LogP contribution in [0, 0.1) is 23.7 Å². The van der Waals surface area contributed by atoms with E-state index in [1.807, 2.05) is 84.0 Å². The molecule has 0 aromatic heterocycles. The average molecular weight is 759 g/mol. The van der Waals surface area contributed by atoms with Crippen molar-refractivity contribution in [2.75, 3.05) is 26.4 Å². The van der Waals surface area contributed by atoms with E-state index in [1.165, 1.54) is 25.4 Å². The largest absolute Gasteiger partial charge is 0.502 e. The molecule has 1 amide bonds. The van der Waals surface area contributed by atoms with Crippen LogP contribution in [-0.4, -0.2) is 43.7 Å². The van der Waals surface area contributed by atoms with Crippen molar-refractivity contribution >= 4 is 23.3 Å². The normalized spacial score (nSPS) is 19.1. The van der Waals surface area contributed by atoms with Crippen LogP contribution >= 0.6 is 0 Å². The van der Waals surface area contributed by atoms with Gasteiger partial charge < -0.3 is 24.6 Å². The molecule has 2 aliphatic rings. The van der Waals surface area contributed by atoms with Gasteiger partial charge in [0.05, 0.1) is 43.4 Å². The van der Waals surface area contributed by atoms with Gasteiger partial charge in [0.1, 0.15) is 0 Å². The van der Waals surface area contributed by atoms with Gasteiger partial charge in [-0.15, -0.1) is 0 Å². The number of aliphatic hydroxyl groups excluding tert-OH is 1. The highest BCUT2D eigenvalue weighted by Crippen LogP contribution is 2.31. The summed E-state index contributed by atoms with van der Waals surface area (Å²) in [6.07, 6.45) is 13.3. The van der Waals surface area contributed by atoms with Crippen molar-refractivity contribution in [3.8, 4) is 0 Å². The molecular formula is C47H70N2O6. The zero-order chi connectivity index (χ0) is 40.1. The first-order valence-electron chi connectivity index (χ1n) is 19.3. The van der Waals surface area contributed by atoms with Crippen molar-refractivity contribution in [3.63, 3.8) is 0 Å². The fourth-order valence-corrected chi connectivity index (χ4v) is 6.63. The molecule has 0 bridgehead atoms. The maximum atomic E-state index is 12.3. The Morgan fingerprint density at radius 2 is 1.20 bits per heavy atom. The van der Waals surface area contributed by atoms with E-state index in [4.69, 9.17) is 19.3 Å². The Hall–Kier alpha value is -4.39. The van der Waals surface area contributed by atoms with E-state index in [0.717, 1.165) is 85.1 Å². The number of hydrogen-bond donors (Lipinski definition) is 2. The Morgan fingerprint density at radius 1 is 0.782 bits per heavy atom. The van der Waals surface area contributed by atoms with E-state index in [2.05, 4.69) is 42.7 Å². The zero-order valence-corrected chi connectivity index (χ0v) is 33.8. The molecule has 0 unspecified atom stereocenters. The van der Waals surface area contributed by atoms with Crippen molar-refractivity contribution in [2.45, 2.75) is 111 Å². The van der Waals surface area contributed by atoms with Gasteiger partial charge in [0.2, 0.25) is 6.08 Å². The SMILES string of the molecule is C.C=C(C)c1cccc(C(C)(C)N=C=O)c1.C=COCC1CCC(CO)CC1.C=COCC1CCC(COC(=O)NC(C)(C)c2cccc(C(=C)C)c2)CC1. The lowest BCUT2D eigenvalue weighted by molar-refractivity contribution is 0.0901. The van der Waals surface area contributed by atoms with E-state index < -0.39 is 11.1 Å². The van der Waals surface area contributed by atoms with Gasteiger partial charge in [0, 0.05) is 6.61 Å². The lowest BCUT2D eigenvalue weighted by Gasteiger charge is -2.29. The second-order valence-corrected chi connectivity index (χ2v) is 15.8. The summed E-state index contributed by atoms with van der Waals surface area (Å²) in [4.78, 5) is 26.4. The number of ether oxygens (including phenoxy) is 3. The number of benzene rings is 2. The van der Waals surface area contributed by atoms with Crippen LogP contribution in [0.25, 0.3) is 11.1 Å². The van der Waals surface area contributed by atoms with Crippen LogP contribution in [0.4, 0.5) is 4.79 Å². The molecule has 2 aromatic rings. The molecule has 8 nitrogen and oxygen atoms in total. The third-order valence-electron chi connectivity index (χ3n) is 10.4. The Morgan fingerprint density at radius 3 is 1.62 bits per heavy atom. The highest BCUT2D eigenvalue weighted by Gasteiger charge is 2.26. The van der Waals surface area contributed by atoms with Crippen molar-refractivity contribution in [1.29, 1.82) is 0 Å². The van der Waals surface area contributed by atoms with Gasteiger partial charge in [0.25, 0.3) is 0 Å². The molecule has 0 spiro atoms. The van der Waals surface area contributed by atoms with E-state index in [-0.39, 0.29) is 13.5 Å². The third-order valence-corrected chi connectivity index (χ3v) is 10.4. The van der Waals surface area contributed by atoms with Crippen LogP contribution in [0.5, 0.6) is 0 Å². The van der Waals surface area contributed by atoms with Gasteiger partial charge >= 0.3 is 6.09 Å². The maximum Gasteiger partial charge on any atom is 0.407 e. The lowest BCUT2D eigenvalue weighted by Crippen LogP contribution is -2.42. The summed E-state index contributed by atoms with van der Waals surface area (Å²) in [6.45, 7) is 29.0. The standard InChI is InChI=1S/C23H33NO3.C13H15NO.C10H18O2.CH4/c1-6-26-15-18-10-12-19(13-11-18)16-27-22(25)24-23(4,5)21-9-7-8-20(14-21)17(2)3;1-10(2)11-6-5-7-12(8-11)13(3,4)14-9-15;1-2-12-8-10-5-3-9(7-11)4-6-10;/h6-9,14,18-19H,1-2,10-13,15-16H2,3-5H3,(H,24,25);5-8H,1H2,2-4H3;2,9-11H,1,3-8H2;1H4. The van der Waals surface area contributed by atoms with E-state index >= 15 is 0 Å². The molecule has 2 fully saturated rings. The molecule has 0 saturated heterocycles. The highest BCUT2D eigenvalue weighted by molar-refractivity contribution is 5.69. The van der Waals surface area contributed by atoms with Gasteiger partial charge in [0.15, 0.2) is 0 Å². The molecule has 2 saturated carbocycles. The Balaban J connectivity index is 0.000000455. The second kappa shape index (κ2) is 24.9. The Kier molecular flexibility index (Phi) is 22.0. The van der Waals surface area contributed by atoms with Crippen LogP contribution in [0.1, 0.15) is 123 Å². The van der Waals surface area contributed by atoms with Crippen molar-refractivity contribution < 1.29 is 28.9 Å². The number of aliphatic hydroxyl groups is 1. The Labute approximate surface area is 332 Å². The monoisotopic (exact) mass is 759 g/mol.